The first-order valence-electron chi connectivity index (χ1n) is 8.73. The van der Waals surface area contributed by atoms with E-state index in [9.17, 15) is 4.79 Å². The molecule has 0 fully saturated rings. The van der Waals surface area contributed by atoms with Crippen LogP contribution in [0, 0.1) is 0 Å². The van der Waals surface area contributed by atoms with Gasteiger partial charge < -0.3 is 9.47 Å². The molecule has 0 aliphatic carbocycles. The van der Waals surface area contributed by atoms with Gasteiger partial charge >= 0.3 is 6.09 Å². The van der Waals surface area contributed by atoms with Crippen molar-refractivity contribution in [3.05, 3.63) is 84.4 Å². The summed E-state index contributed by atoms with van der Waals surface area (Å²) in [5, 5.41) is 6.85. The van der Waals surface area contributed by atoms with Crippen molar-refractivity contribution in [3.63, 3.8) is 0 Å². The Bertz CT molecular complexity index is 1110. The molecule has 0 radical (unpaired) electrons. The van der Waals surface area contributed by atoms with E-state index in [4.69, 9.17) is 9.47 Å². The third-order valence-electron chi connectivity index (χ3n) is 4.53. The molecule has 4 rings (SSSR count). The molecule has 0 aromatic heterocycles. The lowest BCUT2D eigenvalue weighted by Crippen LogP contribution is -2.14. The van der Waals surface area contributed by atoms with Crippen molar-refractivity contribution < 1.29 is 14.3 Å². The number of carbonyl (C=O) groups excluding carboxylic acids is 1. The molecule has 0 saturated carbocycles. The molecule has 0 bridgehead atoms. The predicted octanol–water partition coefficient (Wildman–Crippen LogP) is 5.75. The highest BCUT2D eigenvalue weighted by atomic mass is 16.5. The van der Waals surface area contributed by atoms with Crippen molar-refractivity contribution in [1.29, 1.82) is 0 Å². The highest BCUT2D eigenvalue weighted by Crippen LogP contribution is 2.41. The molecule has 4 nitrogen and oxygen atoms in total. The molecule has 1 amide bonds. The zero-order valence-electron chi connectivity index (χ0n) is 14.9. The van der Waals surface area contributed by atoms with Crippen molar-refractivity contribution in [2.75, 3.05) is 12.4 Å². The molecule has 134 valence electrons. The monoisotopic (exact) mass is 357 g/mol. The van der Waals surface area contributed by atoms with Gasteiger partial charge in [0.2, 0.25) is 0 Å². The average Bonchev–Trinajstić information content (AvgIpc) is 2.73. The van der Waals surface area contributed by atoms with E-state index in [-0.39, 0.29) is 6.61 Å². The minimum absolute atomic E-state index is 0.209. The Labute approximate surface area is 157 Å². The van der Waals surface area contributed by atoms with Crippen molar-refractivity contribution in [2.45, 2.75) is 6.61 Å². The number of nitrogens with one attached hydrogen (secondary N) is 1. The number of hydrogen-bond acceptors (Lipinski definition) is 3. The first-order valence-corrected chi connectivity index (χ1v) is 8.73. The van der Waals surface area contributed by atoms with Crippen LogP contribution in [-0.2, 0) is 11.3 Å². The lowest BCUT2D eigenvalue weighted by molar-refractivity contribution is 0.155. The molecule has 0 spiro atoms. The van der Waals surface area contributed by atoms with Gasteiger partial charge in [-0.3, -0.25) is 5.32 Å². The van der Waals surface area contributed by atoms with E-state index < -0.39 is 6.09 Å². The fourth-order valence-electron chi connectivity index (χ4n) is 3.31. The molecule has 27 heavy (non-hydrogen) atoms. The number of carbonyl (C=O) groups is 1. The summed E-state index contributed by atoms with van der Waals surface area (Å²) in [4.78, 5) is 12.4. The van der Waals surface area contributed by atoms with E-state index in [1.165, 1.54) is 0 Å². The SMILES string of the molecule is COc1c(NC(=O)OCc2ccccc2)c2ccccc2c2ccccc12. The second-order valence-electron chi connectivity index (χ2n) is 6.19. The first kappa shape index (κ1) is 16.9. The topological polar surface area (TPSA) is 47.6 Å². The van der Waals surface area contributed by atoms with Crippen LogP contribution in [0.3, 0.4) is 0 Å². The first-order chi connectivity index (χ1) is 13.3. The van der Waals surface area contributed by atoms with Crippen molar-refractivity contribution in [3.8, 4) is 5.75 Å². The number of rotatable bonds is 4. The lowest BCUT2D eigenvalue weighted by Gasteiger charge is -2.17. The van der Waals surface area contributed by atoms with Crippen LogP contribution in [0.1, 0.15) is 5.56 Å². The molecule has 0 heterocycles. The number of methoxy groups -OCH3 is 1. The Morgan fingerprint density at radius 1 is 0.778 bits per heavy atom. The molecule has 0 unspecified atom stereocenters. The van der Waals surface area contributed by atoms with E-state index in [2.05, 4.69) is 11.4 Å². The summed E-state index contributed by atoms with van der Waals surface area (Å²) in [6.45, 7) is 0.209. The molecule has 1 N–H and O–H groups in total. The molecule has 0 aliphatic rings. The fraction of sp³-hybridized carbons (Fsp3) is 0.0870. The summed E-state index contributed by atoms with van der Waals surface area (Å²) in [5.41, 5.74) is 1.55. The summed E-state index contributed by atoms with van der Waals surface area (Å²) in [5.74, 6) is 0.626. The number of benzene rings is 4. The van der Waals surface area contributed by atoms with Gasteiger partial charge in [-0.2, -0.15) is 0 Å². The molecular weight excluding hydrogens is 338 g/mol. The Kier molecular flexibility index (Phi) is 4.62. The largest absolute Gasteiger partial charge is 0.494 e. The number of amides is 1. The van der Waals surface area contributed by atoms with Crippen molar-refractivity contribution in [1.82, 2.24) is 0 Å². The molecule has 0 aliphatic heterocycles. The third-order valence-corrected chi connectivity index (χ3v) is 4.53. The van der Waals surface area contributed by atoms with Gasteiger partial charge in [0, 0.05) is 10.8 Å². The minimum atomic E-state index is -0.516. The van der Waals surface area contributed by atoms with Gasteiger partial charge in [0.1, 0.15) is 6.61 Å². The van der Waals surface area contributed by atoms with Gasteiger partial charge in [-0.25, -0.2) is 4.79 Å². The zero-order valence-corrected chi connectivity index (χ0v) is 14.9. The average molecular weight is 357 g/mol. The maximum Gasteiger partial charge on any atom is 0.412 e. The molecule has 0 saturated heterocycles. The summed E-state index contributed by atoms with van der Waals surface area (Å²) in [6.07, 6.45) is -0.516. The van der Waals surface area contributed by atoms with Crippen LogP contribution >= 0.6 is 0 Å². The van der Waals surface area contributed by atoms with Crippen LogP contribution in [0.15, 0.2) is 78.9 Å². The van der Waals surface area contributed by atoms with Crippen molar-refractivity contribution in [2.24, 2.45) is 0 Å². The van der Waals surface area contributed by atoms with Gasteiger partial charge in [0.25, 0.3) is 0 Å². The Balaban J connectivity index is 1.72. The van der Waals surface area contributed by atoms with Crippen molar-refractivity contribution >= 4 is 33.3 Å². The van der Waals surface area contributed by atoms with Gasteiger partial charge in [-0.15, -0.1) is 0 Å². The van der Waals surface area contributed by atoms with E-state index in [0.29, 0.717) is 11.4 Å². The Morgan fingerprint density at radius 3 is 2.00 bits per heavy atom. The zero-order chi connectivity index (χ0) is 18.6. The second kappa shape index (κ2) is 7.38. The Hall–Kier alpha value is -3.53. The van der Waals surface area contributed by atoms with Crippen LogP contribution in [0.5, 0.6) is 5.75 Å². The normalized spacial score (nSPS) is 10.7. The lowest BCUT2D eigenvalue weighted by atomic mass is 9.99. The van der Waals surface area contributed by atoms with Crippen LogP contribution in [0.4, 0.5) is 10.5 Å². The maximum absolute atomic E-state index is 12.4. The molecular formula is C23H19NO3. The van der Waals surface area contributed by atoms with E-state index in [1.807, 2.05) is 72.8 Å². The summed E-state index contributed by atoms with van der Waals surface area (Å²) < 4.78 is 11.0. The number of hydrogen-bond donors (Lipinski definition) is 1. The van der Waals surface area contributed by atoms with Crippen LogP contribution < -0.4 is 10.1 Å². The number of fused-ring (bicyclic) bond motifs is 3. The minimum Gasteiger partial charge on any atom is -0.494 e. The standard InChI is InChI=1S/C23H19NO3/c1-26-22-20-14-8-6-12-18(20)17-11-5-7-13-19(17)21(22)24-23(25)27-15-16-9-3-2-4-10-16/h2-14H,15H2,1H3,(H,24,25). The molecule has 4 aromatic carbocycles. The predicted molar refractivity (Wildman–Crippen MR) is 108 cm³/mol. The summed E-state index contributed by atoms with van der Waals surface area (Å²) in [6, 6.07) is 25.5. The summed E-state index contributed by atoms with van der Waals surface area (Å²) >= 11 is 0. The van der Waals surface area contributed by atoms with Gasteiger partial charge in [0.05, 0.1) is 12.8 Å². The fourth-order valence-corrected chi connectivity index (χ4v) is 3.31. The molecule has 4 heteroatoms. The Morgan fingerprint density at radius 2 is 1.33 bits per heavy atom. The summed E-state index contributed by atoms with van der Waals surface area (Å²) in [7, 11) is 1.61. The highest BCUT2D eigenvalue weighted by Gasteiger charge is 2.17. The van der Waals surface area contributed by atoms with E-state index in [1.54, 1.807) is 7.11 Å². The van der Waals surface area contributed by atoms with Gasteiger partial charge in [0.15, 0.2) is 5.75 Å². The van der Waals surface area contributed by atoms with Gasteiger partial charge in [-0.1, -0.05) is 78.9 Å². The van der Waals surface area contributed by atoms with E-state index >= 15 is 0 Å². The number of ether oxygens (including phenoxy) is 2. The van der Waals surface area contributed by atoms with Crippen LogP contribution in [-0.4, -0.2) is 13.2 Å². The van der Waals surface area contributed by atoms with Gasteiger partial charge in [-0.05, 0) is 16.3 Å². The smallest absolute Gasteiger partial charge is 0.412 e. The van der Waals surface area contributed by atoms with E-state index in [0.717, 1.165) is 27.1 Å². The highest BCUT2D eigenvalue weighted by molar-refractivity contribution is 6.18. The molecule has 0 atom stereocenters. The van der Waals surface area contributed by atoms with Crippen LogP contribution in [0.2, 0.25) is 0 Å². The third kappa shape index (κ3) is 3.29. The van der Waals surface area contributed by atoms with Crippen LogP contribution in [0.25, 0.3) is 21.5 Å². The maximum atomic E-state index is 12.4. The second-order valence-corrected chi connectivity index (χ2v) is 6.19. The quantitative estimate of drug-likeness (QED) is 0.473. The molecule has 4 aromatic rings. The number of anilines is 1.